The van der Waals surface area contributed by atoms with Gasteiger partial charge in [0.05, 0.1) is 0 Å². The van der Waals surface area contributed by atoms with E-state index in [2.05, 4.69) is 52.8 Å². The molecule has 1 aromatic rings. The van der Waals surface area contributed by atoms with Gasteiger partial charge < -0.3 is 15.5 Å². The van der Waals surface area contributed by atoms with Crippen LogP contribution >= 0.6 is 0 Å². The fraction of sp³-hybridized carbons (Fsp3) is 0.696. The minimum atomic E-state index is -0.0446. The zero-order valence-electron chi connectivity index (χ0n) is 16.8. The monoisotopic (exact) mass is 369 g/mol. The molecule has 3 fully saturated rings. The van der Waals surface area contributed by atoms with Crippen molar-refractivity contribution in [3.63, 3.8) is 0 Å². The van der Waals surface area contributed by atoms with Gasteiger partial charge in [0.1, 0.15) is 0 Å². The Hall–Kier alpha value is -1.39. The fourth-order valence-corrected chi connectivity index (χ4v) is 5.07. The maximum Gasteiger partial charge on any atom is 0.226 e. The Balaban J connectivity index is 1.49. The summed E-state index contributed by atoms with van der Waals surface area (Å²) in [6.45, 7) is 6.36. The van der Waals surface area contributed by atoms with Gasteiger partial charge in [-0.1, -0.05) is 30.3 Å². The van der Waals surface area contributed by atoms with Crippen molar-refractivity contribution in [2.75, 3.05) is 19.6 Å². The van der Waals surface area contributed by atoms with Gasteiger partial charge in [0.2, 0.25) is 5.91 Å². The van der Waals surface area contributed by atoms with Crippen LogP contribution in [0, 0.1) is 5.92 Å². The van der Waals surface area contributed by atoms with Crippen molar-refractivity contribution in [2.24, 2.45) is 5.92 Å². The molecule has 0 bridgehead atoms. The molecule has 148 valence electrons. The average molecular weight is 370 g/mol. The van der Waals surface area contributed by atoms with Crippen molar-refractivity contribution in [1.29, 1.82) is 0 Å². The molecule has 1 spiro atoms. The molecule has 1 amide bonds. The van der Waals surface area contributed by atoms with Gasteiger partial charge in [-0.15, -0.1) is 0 Å². The summed E-state index contributed by atoms with van der Waals surface area (Å²) in [5, 5.41) is 7.41. The van der Waals surface area contributed by atoms with Crippen LogP contribution in [0.25, 0.3) is 0 Å². The number of amides is 1. The second kappa shape index (κ2) is 7.92. The Morgan fingerprint density at radius 2 is 1.78 bits per heavy atom. The van der Waals surface area contributed by atoms with Gasteiger partial charge in [-0.2, -0.15) is 0 Å². The van der Waals surface area contributed by atoms with Crippen molar-refractivity contribution in [3.8, 4) is 0 Å². The van der Waals surface area contributed by atoms with E-state index in [1.54, 1.807) is 0 Å². The summed E-state index contributed by atoms with van der Waals surface area (Å²) in [6.07, 6.45) is 9.23. The van der Waals surface area contributed by atoms with E-state index in [1.165, 1.54) is 31.2 Å². The minimum absolute atomic E-state index is 0.0446. The highest BCUT2D eigenvalue weighted by atomic mass is 16.2. The van der Waals surface area contributed by atoms with Crippen molar-refractivity contribution in [1.82, 2.24) is 15.5 Å². The number of carbonyl (C=O) groups excluding carboxylic acids is 1. The predicted octanol–water partition coefficient (Wildman–Crippen LogP) is 3.47. The van der Waals surface area contributed by atoms with Crippen LogP contribution in [0.5, 0.6) is 0 Å². The van der Waals surface area contributed by atoms with Crippen LogP contribution < -0.4 is 10.6 Å². The molecular weight excluding hydrogens is 334 g/mol. The summed E-state index contributed by atoms with van der Waals surface area (Å²) in [4.78, 5) is 15.4. The Morgan fingerprint density at radius 3 is 2.48 bits per heavy atom. The highest BCUT2D eigenvalue weighted by molar-refractivity contribution is 5.81. The molecule has 2 heterocycles. The predicted molar refractivity (Wildman–Crippen MR) is 109 cm³/mol. The van der Waals surface area contributed by atoms with E-state index >= 15 is 0 Å². The molecule has 1 aliphatic carbocycles. The molecule has 4 rings (SSSR count). The third kappa shape index (κ3) is 4.38. The van der Waals surface area contributed by atoms with Crippen LogP contribution in [0.3, 0.4) is 0 Å². The van der Waals surface area contributed by atoms with Gasteiger partial charge >= 0.3 is 0 Å². The van der Waals surface area contributed by atoms with Gasteiger partial charge in [-0.3, -0.25) is 4.79 Å². The number of nitrogens with one attached hydrogen (secondary N) is 2. The van der Waals surface area contributed by atoms with Crippen LogP contribution in [0.1, 0.15) is 63.9 Å². The zero-order valence-corrected chi connectivity index (χ0v) is 16.8. The SMILES string of the molecule is CC1(N(Cc2ccccc2)C(=O)C2CC2)CCCC2(CCNCC2)NCC1. The van der Waals surface area contributed by atoms with Gasteiger partial charge in [0, 0.05) is 23.5 Å². The van der Waals surface area contributed by atoms with E-state index in [4.69, 9.17) is 0 Å². The Bertz CT molecular complexity index is 622. The normalized spacial score (nSPS) is 28.3. The van der Waals surface area contributed by atoms with Gasteiger partial charge in [-0.25, -0.2) is 0 Å². The summed E-state index contributed by atoms with van der Waals surface area (Å²) in [5.74, 6) is 0.665. The van der Waals surface area contributed by atoms with Crippen LogP contribution in [-0.4, -0.2) is 41.5 Å². The molecule has 1 saturated carbocycles. The number of carbonyl (C=O) groups is 1. The topological polar surface area (TPSA) is 44.4 Å². The molecule has 1 unspecified atom stereocenters. The van der Waals surface area contributed by atoms with Crippen LogP contribution in [0.2, 0.25) is 0 Å². The fourth-order valence-electron chi connectivity index (χ4n) is 5.07. The highest BCUT2D eigenvalue weighted by Crippen LogP contribution is 2.39. The third-order valence-electron chi connectivity index (χ3n) is 7.12. The van der Waals surface area contributed by atoms with Crippen molar-refractivity contribution in [2.45, 2.75) is 75.9 Å². The molecule has 0 aromatic heterocycles. The number of piperidine rings is 1. The van der Waals surface area contributed by atoms with Gasteiger partial charge in [0.15, 0.2) is 0 Å². The molecule has 1 aromatic carbocycles. The van der Waals surface area contributed by atoms with Crippen molar-refractivity contribution >= 4 is 5.91 Å². The quantitative estimate of drug-likeness (QED) is 0.854. The average Bonchev–Trinajstić information content (AvgIpc) is 3.51. The maximum atomic E-state index is 13.2. The summed E-state index contributed by atoms with van der Waals surface area (Å²) >= 11 is 0. The summed E-state index contributed by atoms with van der Waals surface area (Å²) in [5.41, 5.74) is 1.53. The first-order valence-corrected chi connectivity index (χ1v) is 10.9. The second-order valence-corrected chi connectivity index (χ2v) is 9.24. The first-order chi connectivity index (χ1) is 13.1. The summed E-state index contributed by atoms with van der Waals surface area (Å²) in [6, 6.07) is 10.5. The standard InChI is InChI=1S/C23H35N3O/c1-22(10-5-11-23(25-17-12-22)13-15-24-16-14-23)26(21(27)20-8-9-20)18-19-6-3-2-4-7-19/h2-4,6-7,20,24-25H,5,8-18H2,1H3. The molecule has 1 atom stereocenters. The second-order valence-electron chi connectivity index (χ2n) is 9.24. The van der Waals surface area contributed by atoms with E-state index in [1.807, 2.05) is 0 Å². The molecule has 4 heteroatoms. The summed E-state index contributed by atoms with van der Waals surface area (Å²) < 4.78 is 0. The number of nitrogens with zero attached hydrogens (tertiary/aromatic N) is 1. The zero-order chi connectivity index (χ0) is 18.7. The number of hydrogen-bond acceptors (Lipinski definition) is 3. The Morgan fingerprint density at radius 1 is 1.04 bits per heavy atom. The van der Waals surface area contributed by atoms with E-state index in [-0.39, 0.29) is 11.5 Å². The highest BCUT2D eigenvalue weighted by Gasteiger charge is 2.43. The Kier molecular flexibility index (Phi) is 5.56. The molecular formula is C23H35N3O. The lowest BCUT2D eigenvalue weighted by Gasteiger charge is -2.47. The van der Waals surface area contributed by atoms with Gasteiger partial charge in [0.25, 0.3) is 0 Å². The third-order valence-corrected chi connectivity index (χ3v) is 7.12. The number of hydrogen-bond donors (Lipinski definition) is 2. The Labute approximate surface area is 164 Å². The molecule has 2 saturated heterocycles. The van der Waals surface area contributed by atoms with E-state index in [0.29, 0.717) is 11.4 Å². The lowest BCUT2D eigenvalue weighted by molar-refractivity contribution is -0.140. The van der Waals surface area contributed by atoms with E-state index in [0.717, 1.165) is 51.9 Å². The van der Waals surface area contributed by atoms with Crippen molar-refractivity contribution < 1.29 is 4.79 Å². The lowest BCUT2D eigenvalue weighted by atomic mass is 9.78. The van der Waals surface area contributed by atoms with Crippen LogP contribution in [-0.2, 0) is 11.3 Å². The number of rotatable bonds is 4. The van der Waals surface area contributed by atoms with E-state index in [9.17, 15) is 4.79 Å². The van der Waals surface area contributed by atoms with Crippen LogP contribution in [0.4, 0.5) is 0 Å². The largest absolute Gasteiger partial charge is 0.333 e. The first kappa shape index (κ1) is 18.9. The first-order valence-electron chi connectivity index (χ1n) is 10.9. The molecule has 27 heavy (non-hydrogen) atoms. The maximum absolute atomic E-state index is 13.2. The van der Waals surface area contributed by atoms with Crippen molar-refractivity contribution in [3.05, 3.63) is 35.9 Å². The summed E-state index contributed by atoms with van der Waals surface area (Å²) in [7, 11) is 0. The smallest absolute Gasteiger partial charge is 0.226 e. The minimum Gasteiger partial charge on any atom is -0.333 e. The molecule has 0 radical (unpaired) electrons. The van der Waals surface area contributed by atoms with E-state index < -0.39 is 0 Å². The van der Waals surface area contributed by atoms with Crippen LogP contribution in [0.15, 0.2) is 30.3 Å². The number of benzene rings is 1. The molecule has 2 N–H and O–H groups in total. The van der Waals surface area contributed by atoms with Gasteiger partial charge in [-0.05, 0) is 83.5 Å². The molecule has 2 aliphatic heterocycles. The lowest BCUT2D eigenvalue weighted by Crippen LogP contribution is -2.57. The molecule has 3 aliphatic rings. The molecule has 4 nitrogen and oxygen atoms in total.